The topological polar surface area (TPSA) is 64.3 Å². The summed E-state index contributed by atoms with van der Waals surface area (Å²) in [6.07, 6.45) is 3.22. The summed E-state index contributed by atoms with van der Waals surface area (Å²) in [5.74, 6) is 1.06. The zero-order valence-electron chi connectivity index (χ0n) is 10.7. The molecular weight excluding hydrogens is 228 g/mol. The summed E-state index contributed by atoms with van der Waals surface area (Å²) in [6, 6.07) is 5.63. The van der Waals surface area contributed by atoms with Crippen molar-refractivity contribution in [2.24, 2.45) is 0 Å². The Labute approximate surface area is 106 Å². The van der Waals surface area contributed by atoms with E-state index in [9.17, 15) is 0 Å². The first-order valence-corrected chi connectivity index (χ1v) is 5.60. The standard InChI is InChI=1S/C13H16N4O/c1-9-13(16-7-6-15-9)18-12-8-10(17(2)3)4-5-11(12)14/h4-8H,14H2,1-3H3. The number of aromatic nitrogens is 2. The van der Waals surface area contributed by atoms with Crippen LogP contribution in [0.1, 0.15) is 5.69 Å². The Hall–Kier alpha value is -2.30. The molecule has 2 N–H and O–H groups in total. The number of nitrogens with zero attached hydrogens (tertiary/aromatic N) is 3. The van der Waals surface area contributed by atoms with Crippen LogP contribution in [0.15, 0.2) is 30.6 Å². The Morgan fingerprint density at radius 3 is 2.56 bits per heavy atom. The largest absolute Gasteiger partial charge is 0.435 e. The van der Waals surface area contributed by atoms with Crippen LogP contribution >= 0.6 is 0 Å². The predicted molar refractivity (Wildman–Crippen MR) is 72.0 cm³/mol. The molecule has 0 fully saturated rings. The molecule has 1 aromatic heterocycles. The molecule has 2 rings (SSSR count). The summed E-state index contributed by atoms with van der Waals surface area (Å²) in [7, 11) is 3.92. The summed E-state index contributed by atoms with van der Waals surface area (Å²) in [5.41, 5.74) is 8.21. The van der Waals surface area contributed by atoms with Crippen molar-refractivity contribution in [2.75, 3.05) is 24.7 Å². The number of anilines is 2. The molecule has 0 aliphatic carbocycles. The van der Waals surface area contributed by atoms with Gasteiger partial charge in [-0.15, -0.1) is 0 Å². The minimum absolute atomic E-state index is 0.472. The Balaban J connectivity index is 2.34. The van der Waals surface area contributed by atoms with Crippen LogP contribution in [-0.4, -0.2) is 24.1 Å². The number of ether oxygens (including phenoxy) is 1. The van der Waals surface area contributed by atoms with E-state index in [1.54, 1.807) is 12.4 Å². The number of hydrogen-bond acceptors (Lipinski definition) is 5. The van der Waals surface area contributed by atoms with E-state index in [4.69, 9.17) is 10.5 Å². The molecule has 1 heterocycles. The average Bonchev–Trinajstić information content (AvgIpc) is 2.34. The van der Waals surface area contributed by atoms with E-state index in [2.05, 4.69) is 9.97 Å². The van der Waals surface area contributed by atoms with Crippen molar-refractivity contribution in [3.63, 3.8) is 0 Å². The highest BCUT2D eigenvalue weighted by molar-refractivity contribution is 5.62. The Bertz CT molecular complexity index is 554. The third kappa shape index (κ3) is 2.51. The second-order valence-electron chi connectivity index (χ2n) is 4.17. The lowest BCUT2D eigenvalue weighted by Gasteiger charge is -2.15. The minimum atomic E-state index is 0.472. The van der Waals surface area contributed by atoms with Crippen LogP contribution in [0.25, 0.3) is 0 Å². The van der Waals surface area contributed by atoms with Gasteiger partial charge >= 0.3 is 0 Å². The summed E-state index contributed by atoms with van der Waals surface area (Å²) in [5, 5.41) is 0. The number of rotatable bonds is 3. The lowest BCUT2D eigenvalue weighted by molar-refractivity contribution is 0.457. The quantitative estimate of drug-likeness (QED) is 0.839. The fraction of sp³-hybridized carbons (Fsp3) is 0.231. The lowest BCUT2D eigenvalue weighted by atomic mass is 10.2. The molecule has 2 aromatic rings. The molecule has 5 heteroatoms. The molecule has 0 radical (unpaired) electrons. The highest BCUT2D eigenvalue weighted by atomic mass is 16.5. The van der Waals surface area contributed by atoms with E-state index < -0.39 is 0 Å². The second-order valence-corrected chi connectivity index (χ2v) is 4.17. The van der Waals surface area contributed by atoms with E-state index >= 15 is 0 Å². The van der Waals surface area contributed by atoms with Gasteiger partial charge in [-0.25, -0.2) is 4.98 Å². The highest BCUT2D eigenvalue weighted by Crippen LogP contribution is 2.30. The zero-order chi connectivity index (χ0) is 13.1. The number of nitrogen functional groups attached to an aromatic ring is 1. The molecule has 94 valence electrons. The van der Waals surface area contributed by atoms with Crippen LogP contribution in [0.3, 0.4) is 0 Å². The molecule has 0 spiro atoms. The van der Waals surface area contributed by atoms with Gasteiger partial charge in [0.05, 0.1) is 11.4 Å². The van der Waals surface area contributed by atoms with Gasteiger partial charge in [0.2, 0.25) is 5.88 Å². The number of nitrogens with two attached hydrogens (primary N) is 1. The summed E-state index contributed by atoms with van der Waals surface area (Å²) >= 11 is 0. The zero-order valence-corrected chi connectivity index (χ0v) is 10.7. The third-order valence-electron chi connectivity index (χ3n) is 2.56. The second kappa shape index (κ2) is 4.91. The van der Waals surface area contributed by atoms with Crippen LogP contribution in [0, 0.1) is 6.92 Å². The van der Waals surface area contributed by atoms with Crippen molar-refractivity contribution < 1.29 is 4.74 Å². The first-order chi connectivity index (χ1) is 8.58. The lowest BCUT2D eigenvalue weighted by Crippen LogP contribution is -2.09. The minimum Gasteiger partial charge on any atom is -0.435 e. The highest BCUT2D eigenvalue weighted by Gasteiger charge is 2.08. The predicted octanol–water partition coefficient (Wildman–Crippen LogP) is 2.23. The van der Waals surface area contributed by atoms with Gasteiger partial charge in [-0.05, 0) is 19.1 Å². The smallest absolute Gasteiger partial charge is 0.240 e. The maximum Gasteiger partial charge on any atom is 0.240 e. The maximum atomic E-state index is 5.90. The van der Waals surface area contributed by atoms with Gasteiger partial charge in [-0.2, -0.15) is 0 Å². The fourth-order valence-electron chi connectivity index (χ4n) is 1.49. The van der Waals surface area contributed by atoms with Crippen molar-refractivity contribution in [2.45, 2.75) is 6.92 Å². The summed E-state index contributed by atoms with van der Waals surface area (Å²) < 4.78 is 5.71. The molecule has 0 bridgehead atoms. The van der Waals surface area contributed by atoms with Crippen LogP contribution in [-0.2, 0) is 0 Å². The molecule has 1 aromatic carbocycles. The monoisotopic (exact) mass is 244 g/mol. The van der Waals surface area contributed by atoms with E-state index in [1.165, 1.54) is 0 Å². The normalized spacial score (nSPS) is 10.2. The van der Waals surface area contributed by atoms with E-state index in [0.29, 0.717) is 17.3 Å². The molecule has 0 aliphatic heterocycles. The first-order valence-electron chi connectivity index (χ1n) is 5.60. The van der Waals surface area contributed by atoms with Crippen LogP contribution < -0.4 is 15.4 Å². The fourth-order valence-corrected chi connectivity index (χ4v) is 1.49. The van der Waals surface area contributed by atoms with Crippen molar-refractivity contribution in [3.8, 4) is 11.6 Å². The van der Waals surface area contributed by atoms with Gasteiger partial charge in [0.15, 0.2) is 5.75 Å². The van der Waals surface area contributed by atoms with Crippen molar-refractivity contribution in [1.29, 1.82) is 0 Å². The van der Waals surface area contributed by atoms with Crippen molar-refractivity contribution in [1.82, 2.24) is 9.97 Å². The number of hydrogen-bond donors (Lipinski definition) is 1. The molecule has 0 amide bonds. The molecule has 0 saturated carbocycles. The Morgan fingerprint density at radius 2 is 1.89 bits per heavy atom. The molecular formula is C13H16N4O. The number of aryl methyl sites for hydroxylation is 1. The summed E-state index contributed by atoms with van der Waals surface area (Å²) in [4.78, 5) is 10.2. The molecule has 0 saturated heterocycles. The third-order valence-corrected chi connectivity index (χ3v) is 2.56. The molecule has 0 unspecified atom stereocenters. The summed E-state index contributed by atoms with van der Waals surface area (Å²) in [6.45, 7) is 1.84. The van der Waals surface area contributed by atoms with Crippen molar-refractivity contribution in [3.05, 3.63) is 36.3 Å². The Morgan fingerprint density at radius 1 is 1.17 bits per heavy atom. The maximum absolute atomic E-state index is 5.90. The van der Waals surface area contributed by atoms with Gasteiger partial charge in [-0.3, -0.25) is 4.98 Å². The van der Waals surface area contributed by atoms with Gasteiger partial charge in [0.1, 0.15) is 0 Å². The van der Waals surface area contributed by atoms with Crippen LogP contribution in [0.4, 0.5) is 11.4 Å². The van der Waals surface area contributed by atoms with Gasteiger partial charge in [0, 0.05) is 38.2 Å². The van der Waals surface area contributed by atoms with E-state index in [-0.39, 0.29) is 0 Å². The molecule has 5 nitrogen and oxygen atoms in total. The molecule has 0 atom stereocenters. The van der Waals surface area contributed by atoms with Crippen LogP contribution in [0.5, 0.6) is 11.6 Å². The Kier molecular flexibility index (Phi) is 3.32. The van der Waals surface area contributed by atoms with E-state index in [1.807, 2.05) is 44.1 Å². The van der Waals surface area contributed by atoms with Gasteiger partial charge in [0.25, 0.3) is 0 Å². The van der Waals surface area contributed by atoms with Gasteiger partial charge in [-0.1, -0.05) is 0 Å². The van der Waals surface area contributed by atoms with Crippen LogP contribution in [0.2, 0.25) is 0 Å². The van der Waals surface area contributed by atoms with E-state index in [0.717, 1.165) is 11.4 Å². The first kappa shape index (κ1) is 12.2. The molecule has 0 aliphatic rings. The van der Waals surface area contributed by atoms with Crippen molar-refractivity contribution >= 4 is 11.4 Å². The van der Waals surface area contributed by atoms with Gasteiger partial charge < -0.3 is 15.4 Å². The SMILES string of the molecule is Cc1nccnc1Oc1cc(N(C)C)ccc1N. The molecule has 18 heavy (non-hydrogen) atoms. The number of benzene rings is 1. The average molecular weight is 244 g/mol.